The molecule has 1 aliphatic carbocycles. The van der Waals surface area contributed by atoms with Crippen molar-refractivity contribution in [2.24, 2.45) is 5.92 Å². The normalized spacial score (nSPS) is 13.9. The van der Waals surface area contributed by atoms with Gasteiger partial charge in [0.1, 0.15) is 5.75 Å². The van der Waals surface area contributed by atoms with E-state index in [0.29, 0.717) is 11.5 Å². The molecule has 0 bridgehead atoms. The van der Waals surface area contributed by atoms with Gasteiger partial charge in [0, 0.05) is 16.0 Å². The van der Waals surface area contributed by atoms with Crippen LogP contribution in [0.15, 0.2) is 34.8 Å². The average Bonchev–Trinajstić information content (AvgIpc) is 3.38. The van der Waals surface area contributed by atoms with Crippen LogP contribution in [0.4, 0.5) is 5.82 Å². The van der Waals surface area contributed by atoms with Crippen LogP contribution in [0.25, 0.3) is 22.3 Å². The van der Waals surface area contributed by atoms with Crippen molar-refractivity contribution in [1.82, 2.24) is 15.2 Å². The number of aromatic nitrogens is 3. The molecule has 2 N–H and O–H groups in total. The van der Waals surface area contributed by atoms with E-state index >= 15 is 0 Å². The number of hydrogen-bond donors (Lipinski definition) is 2. The van der Waals surface area contributed by atoms with E-state index in [1.54, 1.807) is 7.11 Å². The van der Waals surface area contributed by atoms with E-state index in [4.69, 9.17) is 4.74 Å². The van der Waals surface area contributed by atoms with Crippen LogP contribution in [0.5, 0.6) is 5.75 Å². The largest absolute Gasteiger partial charge is 0.497 e. The summed E-state index contributed by atoms with van der Waals surface area (Å²) in [6, 6.07) is 9.61. The molecule has 4 rings (SSSR count). The van der Waals surface area contributed by atoms with Crippen molar-refractivity contribution in [3.8, 4) is 17.0 Å². The molecule has 7 heteroatoms. The Morgan fingerprint density at radius 3 is 2.96 bits per heavy atom. The summed E-state index contributed by atoms with van der Waals surface area (Å²) in [7, 11) is 1.63. The predicted octanol–water partition coefficient (Wildman–Crippen LogP) is 3.74. The number of carbonyl (C=O) groups excluding carboxylic acids is 1. The first-order valence-corrected chi connectivity index (χ1v) is 8.45. The van der Waals surface area contributed by atoms with Gasteiger partial charge in [-0.3, -0.25) is 9.89 Å². The Bertz CT molecular complexity index is 933. The standard InChI is InChI=1S/C17H15BrN4O2/c1-24-11-4-2-3-10(7-11)14-13(18)8-12-15(19-14)21-22-16(12)20-17(23)9-5-6-9/h2-4,7-9H,5-6H2,1H3,(H2,19,20,21,22,23). The molecule has 0 spiro atoms. The maximum absolute atomic E-state index is 11.9. The fourth-order valence-corrected chi connectivity index (χ4v) is 3.10. The lowest BCUT2D eigenvalue weighted by atomic mass is 10.1. The number of rotatable bonds is 4. The van der Waals surface area contributed by atoms with Crippen molar-refractivity contribution in [1.29, 1.82) is 0 Å². The van der Waals surface area contributed by atoms with Gasteiger partial charge in [0.05, 0.1) is 18.2 Å². The third-order valence-corrected chi connectivity index (χ3v) is 4.64. The minimum Gasteiger partial charge on any atom is -0.497 e. The van der Waals surface area contributed by atoms with Gasteiger partial charge in [-0.25, -0.2) is 4.98 Å². The molecule has 0 atom stereocenters. The maximum Gasteiger partial charge on any atom is 0.228 e. The zero-order valence-corrected chi connectivity index (χ0v) is 14.6. The first kappa shape index (κ1) is 15.1. The predicted molar refractivity (Wildman–Crippen MR) is 94.9 cm³/mol. The maximum atomic E-state index is 11.9. The van der Waals surface area contributed by atoms with Gasteiger partial charge >= 0.3 is 0 Å². The molecule has 0 saturated heterocycles. The zero-order valence-electron chi connectivity index (χ0n) is 13.0. The molecule has 1 fully saturated rings. The second-order valence-corrected chi connectivity index (χ2v) is 6.64. The van der Waals surface area contributed by atoms with Gasteiger partial charge in [-0.1, -0.05) is 12.1 Å². The SMILES string of the molecule is COc1cccc(-c2nc3[nH]nc(NC(=O)C4CC4)c3cc2Br)c1. The molecule has 1 aliphatic rings. The third-order valence-electron chi connectivity index (χ3n) is 4.04. The monoisotopic (exact) mass is 386 g/mol. The summed E-state index contributed by atoms with van der Waals surface area (Å²) in [4.78, 5) is 16.6. The summed E-state index contributed by atoms with van der Waals surface area (Å²) in [6.45, 7) is 0. The van der Waals surface area contributed by atoms with Crippen LogP contribution < -0.4 is 10.1 Å². The Labute approximate surface area is 146 Å². The minimum absolute atomic E-state index is 0.0244. The molecule has 2 heterocycles. The van der Waals surface area contributed by atoms with Gasteiger partial charge in [-0.05, 0) is 47.0 Å². The molecule has 0 unspecified atom stereocenters. The van der Waals surface area contributed by atoms with Gasteiger partial charge in [0.2, 0.25) is 5.91 Å². The number of anilines is 1. The van der Waals surface area contributed by atoms with Crippen molar-refractivity contribution < 1.29 is 9.53 Å². The molecular weight excluding hydrogens is 372 g/mol. The molecule has 0 radical (unpaired) electrons. The Morgan fingerprint density at radius 2 is 2.21 bits per heavy atom. The highest BCUT2D eigenvalue weighted by atomic mass is 79.9. The second kappa shape index (κ2) is 5.90. The van der Waals surface area contributed by atoms with Crippen molar-refractivity contribution in [3.05, 3.63) is 34.8 Å². The number of carbonyl (C=O) groups is 1. The lowest BCUT2D eigenvalue weighted by molar-refractivity contribution is -0.117. The van der Waals surface area contributed by atoms with Crippen molar-refractivity contribution >= 4 is 38.7 Å². The van der Waals surface area contributed by atoms with Crippen molar-refractivity contribution in [2.45, 2.75) is 12.8 Å². The van der Waals surface area contributed by atoms with Crippen LogP contribution in [0, 0.1) is 5.92 Å². The van der Waals surface area contributed by atoms with Crippen LogP contribution >= 0.6 is 15.9 Å². The number of nitrogens with one attached hydrogen (secondary N) is 2. The summed E-state index contributed by atoms with van der Waals surface area (Å²) in [5.74, 6) is 1.44. The summed E-state index contributed by atoms with van der Waals surface area (Å²) in [5, 5.41) is 10.7. The fraction of sp³-hybridized carbons (Fsp3) is 0.235. The molecule has 1 amide bonds. The minimum atomic E-state index is 0.0244. The number of hydrogen-bond acceptors (Lipinski definition) is 4. The van der Waals surface area contributed by atoms with Gasteiger partial charge in [-0.15, -0.1) is 0 Å². The molecule has 6 nitrogen and oxygen atoms in total. The van der Waals surface area contributed by atoms with Crippen molar-refractivity contribution in [2.75, 3.05) is 12.4 Å². The van der Waals surface area contributed by atoms with Crippen LogP contribution in [-0.4, -0.2) is 28.2 Å². The molecule has 2 aromatic heterocycles. The number of halogens is 1. The van der Waals surface area contributed by atoms with Gasteiger partial charge in [-0.2, -0.15) is 5.10 Å². The van der Waals surface area contributed by atoms with E-state index in [1.807, 2.05) is 30.3 Å². The Kier molecular flexibility index (Phi) is 3.72. The molecule has 122 valence electrons. The number of benzene rings is 1. The average molecular weight is 387 g/mol. The van der Waals surface area contributed by atoms with E-state index in [1.165, 1.54) is 0 Å². The number of nitrogens with zero attached hydrogens (tertiary/aromatic N) is 2. The molecule has 1 aromatic carbocycles. The van der Waals surface area contributed by atoms with Crippen LogP contribution in [0.3, 0.4) is 0 Å². The summed E-state index contributed by atoms with van der Waals surface area (Å²) < 4.78 is 6.09. The quantitative estimate of drug-likeness (QED) is 0.715. The molecular formula is C17H15BrN4O2. The summed E-state index contributed by atoms with van der Waals surface area (Å²) in [5.41, 5.74) is 2.34. The Morgan fingerprint density at radius 1 is 1.38 bits per heavy atom. The lowest BCUT2D eigenvalue weighted by Gasteiger charge is -2.07. The van der Waals surface area contributed by atoms with Gasteiger partial charge in [0.15, 0.2) is 11.5 Å². The first-order chi connectivity index (χ1) is 11.7. The van der Waals surface area contributed by atoms with E-state index in [0.717, 1.165) is 39.7 Å². The summed E-state index contributed by atoms with van der Waals surface area (Å²) >= 11 is 3.57. The van der Waals surface area contributed by atoms with E-state index in [9.17, 15) is 4.79 Å². The fourth-order valence-electron chi connectivity index (χ4n) is 2.56. The first-order valence-electron chi connectivity index (χ1n) is 7.65. The van der Waals surface area contributed by atoms with Crippen molar-refractivity contribution in [3.63, 3.8) is 0 Å². The van der Waals surface area contributed by atoms with Crippen LogP contribution in [0.2, 0.25) is 0 Å². The second-order valence-electron chi connectivity index (χ2n) is 5.78. The van der Waals surface area contributed by atoms with Crippen LogP contribution in [0.1, 0.15) is 12.8 Å². The highest BCUT2D eigenvalue weighted by molar-refractivity contribution is 9.10. The van der Waals surface area contributed by atoms with Gasteiger partial charge < -0.3 is 10.1 Å². The Hall–Kier alpha value is -2.41. The number of aromatic amines is 1. The number of ether oxygens (including phenoxy) is 1. The smallest absolute Gasteiger partial charge is 0.228 e. The lowest BCUT2D eigenvalue weighted by Crippen LogP contribution is -2.13. The van der Waals surface area contributed by atoms with Crippen LogP contribution in [-0.2, 0) is 4.79 Å². The van der Waals surface area contributed by atoms with E-state index in [2.05, 4.69) is 36.4 Å². The molecule has 1 saturated carbocycles. The highest BCUT2D eigenvalue weighted by Crippen LogP contribution is 2.34. The third kappa shape index (κ3) is 2.75. The Balaban J connectivity index is 1.73. The number of methoxy groups -OCH3 is 1. The summed E-state index contributed by atoms with van der Waals surface area (Å²) in [6.07, 6.45) is 1.91. The highest BCUT2D eigenvalue weighted by Gasteiger charge is 2.30. The zero-order chi connectivity index (χ0) is 16.7. The van der Waals surface area contributed by atoms with E-state index < -0.39 is 0 Å². The number of amides is 1. The molecule has 0 aliphatic heterocycles. The molecule has 24 heavy (non-hydrogen) atoms. The van der Waals surface area contributed by atoms with E-state index in [-0.39, 0.29) is 11.8 Å². The molecule has 3 aromatic rings. The topological polar surface area (TPSA) is 79.9 Å². The van der Waals surface area contributed by atoms with Gasteiger partial charge in [0.25, 0.3) is 0 Å². The number of fused-ring (bicyclic) bond motifs is 1. The number of pyridine rings is 1. The number of H-pyrrole nitrogens is 1.